The van der Waals surface area contributed by atoms with Crippen LogP contribution in [0, 0.1) is 11.3 Å². The van der Waals surface area contributed by atoms with E-state index in [4.69, 9.17) is 9.47 Å². The number of likely N-dealkylation sites (tertiary alicyclic amines) is 1. The molecule has 0 amide bonds. The van der Waals surface area contributed by atoms with E-state index < -0.39 is 5.41 Å². The average molecular weight is 519 g/mol. The molecule has 1 fully saturated rings. The number of benzene rings is 3. The Kier molecular flexibility index (Phi) is 8.19. The van der Waals surface area contributed by atoms with E-state index in [1.807, 2.05) is 18.2 Å². The second-order valence-electron chi connectivity index (χ2n) is 10.5. The SMILES string of the molecule is CCC(C#N)(CCCN1CCC(=C2c3ccccc3C=Cc3ccccc32)CC1)c1ccc(OC)c(OC)c1. The molecule has 3 aromatic rings. The topological polar surface area (TPSA) is 45.5 Å². The van der Waals surface area contributed by atoms with Gasteiger partial charge in [0.25, 0.3) is 0 Å². The number of hydrogen-bond donors (Lipinski definition) is 0. The van der Waals surface area contributed by atoms with Gasteiger partial charge in [-0.05, 0) is 84.2 Å². The maximum atomic E-state index is 10.3. The van der Waals surface area contributed by atoms with Gasteiger partial charge in [-0.3, -0.25) is 0 Å². The van der Waals surface area contributed by atoms with E-state index in [9.17, 15) is 5.26 Å². The van der Waals surface area contributed by atoms with Gasteiger partial charge < -0.3 is 14.4 Å². The smallest absolute Gasteiger partial charge is 0.161 e. The highest BCUT2D eigenvalue weighted by Crippen LogP contribution is 2.40. The number of piperidine rings is 1. The molecule has 0 radical (unpaired) electrons. The molecule has 5 rings (SSSR count). The highest BCUT2D eigenvalue weighted by molar-refractivity contribution is 5.94. The number of nitrogens with zero attached hydrogens (tertiary/aromatic N) is 2. The second kappa shape index (κ2) is 11.9. The fourth-order valence-corrected chi connectivity index (χ4v) is 6.21. The number of hydrogen-bond acceptors (Lipinski definition) is 4. The summed E-state index contributed by atoms with van der Waals surface area (Å²) in [5, 5.41) is 10.3. The molecule has 4 nitrogen and oxygen atoms in total. The first-order chi connectivity index (χ1) is 19.1. The Balaban J connectivity index is 1.29. The van der Waals surface area contributed by atoms with Crippen LogP contribution >= 0.6 is 0 Å². The summed E-state index contributed by atoms with van der Waals surface area (Å²) in [5.41, 5.74) is 8.74. The molecule has 0 spiro atoms. The van der Waals surface area contributed by atoms with Crippen molar-refractivity contribution < 1.29 is 9.47 Å². The Bertz CT molecular complexity index is 1370. The maximum absolute atomic E-state index is 10.3. The van der Waals surface area contributed by atoms with E-state index in [1.165, 1.54) is 27.8 Å². The molecule has 200 valence electrons. The summed E-state index contributed by atoms with van der Waals surface area (Å²) < 4.78 is 10.9. The molecular weight excluding hydrogens is 480 g/mol. The number of methoxy groups -OCH3 is 2. The predicted octanol–water partition coefficient (Wildman–Crippen LogP) is 7.74. The van der Waals surface area contributed by atoms with Gasteiger partial charge in [0.05, 0.1) is 25.7 Å². The summed E-state index contributed by atoms with van der Waals surface area (Å²) >= 11 is 0. The number of fused-ring (bicyclic) bond motifs is 2. The lowest BCUT2D eigenvalue weighted by molar-refractivity contribution is 0.244. The van der Waals surface area contributed by atoms with Crippen molar-refractivity contribution >= 4 is 17.7 Å². The first-order valence-corrected chi connectivity index (χ1v) is 14.1. The lowest BCUT2D eigenvalue weighted by Crippen LogP contribution is -2.33. The largest absolute Gasteiger partial charge is 0.493 e. The van der Waals surface area contributed by atoms with Crippen LogP contribution in [-0.2, 0) is 5.41 Å². The Morgan fingerprint density at radius 1 is 0.846 bits per heavy atom. The Labute approximate surface area is 233 Å². The van der Waals surface area contributed by atoms with Crippen LogP contribution in [0.15, 0.2) is 72.3 Å². The zero-order valence-electron chi connectivity index (χ0n) is 23.4. The Morgan fingerprint density at radius 2 is 1.46 bits per heavy atom. The van der Waals surface area contributed by atoms with Crippen molar-refractivity contribution in [3.8, 4) is 17.6 Å². The molecule has 1 heterocycles. The molecule has 3 aromatic carbocycles. The molecule has 39 heavy (non-hydrogen) atoms. The van der Waals surface area contributed by atoms with Crippen LogP contribution in [0.25, 0.3) is 17.7 Å². The molecule has 0 aromatic heterocycles. The molecule has 0 bridgehead atoms. The molecule has 1 atom stereocenters. The first-order valence-electron chi connectivity index (χ1n) is 14.1. The molecule has 4 heteroatoms. The monoisotopic (exact) mass is 518 g/mol. The Hall–Kier alpha value is -3.81. The van der Waals surface area contributed by atoms with Crippen molar-refractivity contribution in [2.45, 2.75) is 44.4 Å². The fourth-order valence-electron chi connectivity index (χ4n) is 6.21. The third-order valence-corrected chi connectivity index (χ3v) is 8.55. The zero-order valence-corrected chi connectivity index (χ0v) is 23.4. The van der Waals surface area contributed by atoms with Crippen molar-refractivity contribution in [3.05, 3.63) is 100 Å². The number of ether oxygens (including phenoxy) is 2. The standard InChI is InChI=1S/C35H38N2O2/c1-4-35(25-36,29-16-17-32(38-2)33(24-29)39-3)20-9-21-37-22-18-28(19-23-37)34-30-12-7-5-10-26(30)14-15-27-11-6-8-13-31(27)34/h5-8,10-17,24H,4,9,18-23H2,1-3H3. The van der Waals surface area contributed by atoms with Crippen LogP contribution in [-0.4, -0.2) is 38.8 Å². The van der Waals surface area contributed by atoms with Crippen LogP contribution in [0.5, 0.6) is 11.5 Å². The fraction of sp³-hybridized carbons (Fsp3) is 0.343. The Morgan fingerprint density at radius 3 is 2.03 bits per heavy atom. The van der Waals surface area contributed by atoms with Crippen LogP contribution in [0.2, 0.25) is 0 Å². The highest BCUT2D eigenvalue weighted by Gasteiger charge is 2.31. The molecule has 0 saturated carbocycles. The van der Waals surface area contributed by atoms with Gasteiger partial charge in [0, 0.05) is 13.1 Å². The van der Waals surface area contributed by atoms with E-state index in [0.29, 0.717) is 11.5 Å². The van der Waals surface area contributed by atoms with Gasteiger partial charge in [-0.25, -0.2) is 0 Å². The van der Waals surface area contributed by atoms with Gasteiger partial charge in [-0.15, -0.1) is 0 Å². The molecule has 1 aliphatic carbocycles. The van der Waals surface area contributed by atoms with E-state index in [-0.39, 0.29) is 0 Å². The molecular formula is C35H38N2O2. The third-order valence-electron chi connectivity index (χ3n) is 8.55. The quantitative estimate of drug-likeness (QED) is 0.239. The van der Waals surface area contributed by atoms with Gasteiger partial charge >= 0.3 is 0 Å². The predicted molar refractivity (Wildman–Crippen MR) is 160 cm³/mol. The minimum absolute atomic E-state index is 0.525. The molecule has 1 saturated heterocycles. The lowest BCUT2D eigenvalue weighted by atomic mass is 9.75. The molecule has 0 N–H and O–H groups in total. The second-order valence-corrected chi connectivity index (χ2v) is 10.5. The van der Waals surface area contributed by atoms with E-state index in [2.05, 4.69) is 78.6 Å². The van der Waals surface area contributed by atoms with Crippen molar-refractivity contribution in [2.75, 3.05) is 33.9 Å². The highest BCUT2D eigenvalue weighted by atomic mass is 16.5. The van der Waals surface area contributed by atoms with Gasteiger partial charge in [-0.2, -0.15) is 5.26 Å². The summed E-state index contributed by atoms with van der Waals surface area (Å²) in [7, 11) is 3.28. The third kappa shape index (κ3) is 5.37. The van der Waals surface area contributed by atoms with E-state index in [0.717, 1.165) is 57.3 Å². The minimum atomic E-state index is -0.525. The van der Waals surface area contributed by atoms with Gasteiger partial charge in [0.1, 0.15) is 0 Å². The van der Waals surface area contributed by atoms with E-state index in [1.54, 1.807) is 19.8 Å². The van der Waals surface area contributed by atoms with Crippen LogP contribution in [0.1, 0.15) is 66.8 Å². The summed E-state index contributed by atoms with van der Waals surface area (Å²) in [4.78, 5) is 2.57. The van der Waals surface area contributed by atoms with Crippen LogP contribution in [0.4, 0.5) is 0 Å². The number of nitriles is 1. The number of rotatable bonds is 8. The van der Waals surface area contributed by atoms with Crippen molar-refractivity contribution in [1.29, 1.82) is 5.26 Å². The first kappa shape index (κ1) is 26.8. The summed E-state index contributed by atoms with van der Waals surface area (Å²) in [6.45, 7) is 5.22. The zero-order chi connectivity index (χ0) is 27.2. The molecule has 2 aliphatic rings. The van der Waals surface area contributed by atoms with Crippen molar-refractivity contribution in [3.63, 3.8) is 0 Å². The average Bonchev–Trinajstić information content (AvgIpc) is 3.16. The summed E-state index contributed by atoms with van der Waals surface area (Å²) in [6, 6.07) is 26.1. The van der Waals surface area contributed by atoms with E-state index >= 15 is 0 Å². The summed E-state index contributed by atoms with van der Waals surface area (Å²) in [5.74, 6) is 1.37. The normalized spacial score (nSPS) is 16.5. The van der Waals surface area contributed by atoms with Gasteiger partial charge in [-0.1, -0.05) is 79.2 Å². The molecule has 1 aliphatic heterocycles. The summed E-state index contributed by atoms with van der Waals surface area (Å²) in [6.07, 6.45) is 9.23. The molecule has 1 unspecified atom stereocenters. The van der Waals surface area contributed by atoms with Gasteiger partial charge in [0.15, 0.2) is 11.5 Å². The van der Waals surface area contributed by atoms with Crippen molar-refractivity contribution in [2.24, 2.45) is 0 Å². The van der Waals surface area contributed by atoms with Gasteiger partial charge in [0.2, 0.25) is 0 Å². The van der Waals surface area contributed by atoms with Crippen LogP contribution < -0.4 is 9.47 Å². The lowest BCUT2D eigenvalue weighted by Gasteiger charge is -2.32. The maximum Gasteiger partial charge on any atom is 0.161 e. The van der Waals surface area contributed by atoms with Crippen molar-refractivity contribution in [1.82, 2.24) is 4.90 Å². The van der Waals surface area contributed by atoms with Crippen LogP contribution in [0.3, 0.4) is 0 Å². The minimum Gasteiger partial charge on any atom is -0.493 e.